The standard InChI is InChI=1S/C19H30N2O3/c1-16-14-20(15-17(2)21(16)11-13-23-3)19(22)10-7-12-24-18-8-5-4-6-9-18/h4-6,8-9,16-17H,7,10-15H2,1-3H3. The highest BCUT2D eigenvalue weighted by atomic mass is 16.5. The topological polar surface area (TPSA) is 42.0 Å². The number of amides is 1. The van der Waals surface area contributed by atoms with Gasteiger partial charge in [-0.25, -0.2) is 0 Å². The van der Waals surface area contributed by atoms with E-state index >= 15 is 0 Å². The van der Waals surface area contributed by atoms with Gasteiger partial charge in [-0.1, -0.05) is 18.2 Å². The van der Waals surface area contributed by atoms with Gasteiger partial charge < -0.3 is 14.4 Å². The second-order valence-corrected chi connectivity index (χ2v) is 6.49. The van der Waals surface area contributed by atoms with Gasteiger partial charge in [-0.2, -0.15) is 0 Å². The molecule has 5 nitrogen and oxygen atoms in total. The Balaban J connectivity index is 1.71. The maximum Gasteiger partial charge on any atom is 0.222 e. The van der Waals surface area contributed by atoms with E-state index < -0.39 is 0 Å². The summed E-state index contributed by atoms with van der Waals surface area (Å²) in [7, 11) is 1.73. The molecule has 24 heavy (non-hydrogen) atoms. The summed E-state index contributed by atoms with van der Waals surface area (Å²) in [6.45, 7) is 8.20. The van der Waals surface area contributed by atoms with E-state index in [2.05, 4.69) is 18.7 Å². The Bertz CT molecular complexity index is 483. The van der Waals surface area contributed by atoms with Gasteiger partial charge in [0.1, 0.15) is 5.75 Å². The molecule has 0 N–H and O–H groups in total. The molecule has 2 rings (SSSR count). The third-order valence-electron chi connectivity index (χ3n) is 4.55. The van der Waals surface area contributed by atoms with Gasteiger partial charge >= 0.3 is 0 Å². The van der Waals surface area contributed by atoms with E-state index in [9.17, 15) is 4.79 Å². The Hall–Kier alpha value is -1.59. The largest absolute Gasteiger partial charge is 0.494 e. The smallest absolute Gasteiger partial charge is 0.222 e. The Labute approximate surface area is 145 Å². The van der Waals surface area contributed by atoms with Gasteiger partial charge in [0.05, 0.1) is 13.2 Å². The summed E-state index contributed by atoms with van der Waals surface area (Å²) >= 11 is 0. The summed E-state index contributed by atoms with van der Waals surface area (Å²) in [6, 6.07) is 10.5. The van der Waals surface area contributed by atoms with Crippen LogP contribution in [0.4, 0.5) is 0 Å². The van der Waals surface area contributed by atoms with E-state index in [1.165, 1.54) is 0 Å². The zero-order valence-corrected chi connectivity index (χ0v) is 15.1. The van der Waals surface area contributed by atoms with Gasteiger partial charge in [0.25, 0.3) is 0 Å². The van der Waals surface area contributed by atoms with E-state index in [4.69, 9.17) is 9.47 Å². The van der Waals surface area contributed by atoms with Crippen LogP contribution < -0.4 is 4.74 Å². The second-order valence-electron chi connectivity index (χ2n) is 6.49. The number of carbonyl (C=O) groups is 1. The van der Waals surface area contributed by atoms with E-state index in [0.29, 0.717) is 25.1 Å². The van der Waals surface area contributed by atoms with Crippen LogP contribution in [0.3, 0.4) is 0 Å². The predicted molar refractivity (Wildman–Crippen MR) is 95.3 cm³/mol. The molecule has 1 saturated heterocycles. The zero-order valence-electron chi connectivity index (χ0n) is 15.1. The van der Waals surface area contributed by atoms with Crippen LogP contribution in [0.15, 0.2) is 30.3 Å². The minimum absolute atomic E-state index is 0.233. The van der Waals surface area contributed by atoms with Crippen molar-refractivity contribution in [2.75, 3.05) is 40.0 Å². The normalized spacial score (nSPS) is 21.7. The molecule has 0 bridgehead atoms. The number of piperazine rings is 1. The lowest BCUT2D eigenvalue weighted by molar-refractivity contribution is -0.136. The van der Waals surface area contributed by atoms with Crippen molar-refractivity contribution in [3.05, 3.63) is 30.3 Å². The van der Waals surface area contributed by atoms with Crippen molar-refractivity contribution in [2.45, 2.75) is 38.8 Å². The van der Waals surface area contributed by atoms with Crippen molar-refractivity contribution < 1.29 is 14.3 Å². The monoisotopic (exact) mass is 334 g/mol. The van der Waals surface area contributed by atoms with Crippen LogP contribution in [0.25, 0.3) is 0 Å². The number of benzene rings is 1. The summed E-state index contributed by atoms with van der Waals surface area (Å²) in [6.07, 6.45) is 1.30. The molecule has 2 unspecified atom stereocenters. The number of para-hydroxylation sites is 1. The van der Waals surface area contributed by atoms with E-state index in [1.807, 2.05) is 35.2 Å². The first-order valence-electron chi connectivity index (χ1n) is 8.82. The average molecular weight is 334 g/mol. The first kappa shape index (κ1) is 18.7. The first-order valence-corrected chi connectivity index (χ1v) is 8.82. The fraction of sp³-hybridized carbons (Fsp3) is 0.632. The SMILES string of the molecule is COCCN1C(C)CN(C(=O)CCCOc2ccccc2)CC1C. The molecule has 0 spiro atoms. The molecule has 0 aromatic heterocycles. The second kappa shape index (κ2) is 9.64. The van der Waals surface area contributed by atoms with Gasteiger partial charge in [-0.05, 0) is 32.4 Å². The van der Waals surface area contributed by atoms with Gasteiger partial charge in [-0.3, -0.25) is 9.69 Å². The van der Waals surface area contributed by atoms with Crippen molar-refractivity contribution >= 4 is 5.91 Å². The lowest BCUT2D eigenvalue weighted by atomic mass is 10.1. The molecule has 2 atom stereocenters. The number of ether oxygens (including phenoxy) is 2. The van der Waals surface area contributed by atoms with E-state index in [0.717, 1.165) is 38.4 Å². The van der Waals surface area contributed by atoms with Crippen LogP contribution >= 0.6 is 0 Å². The van der Waals surface area contributed by atoms with Crippen LogP contribution in [0, 0.1) is 0 Å². The minimum atomic E-state index is 0.233. The number of carbonyl (C=O) groups excluding carboxylic acids is 1. The molecule has 0 aliphatic carbocycles. The van der Waals surface area contributed by atoms with E-state index in [1.54, 1.807) is 7.11 Å². The van der Waals surface area contributed by atoms with Gasteiger partial charge in [0.15, 0.2) is 0 Å². The number of rotatable bonds is 8. The lowest BCUT2D eigenvalue weighted by Gasteiger charge is -2.44. The molecular weight excluding hydrogens is 304 g/mol. The zero-order chi connectivity index (χ0) is 17.4. The molecule has 1 amide bonds. The Kier molecular flexibility index (Phi) is 7.53. The third-order valence-corrected chi connectivity index (χ3v) is 4.55. The Morgan fingerprint density at radius 3 is 2.42 bits per heavy atom. The molecule has 1 heterocycles. The van der Waals surface area contributed by atoms with Crippen LogP contribution in [0.1, 0.15) is 26.7 Å². The fourth-order valence-electron chi connectivity index (χ4n) is 3.29. The minimum Gasteiger partial charge on any atom is -0.494 e. The molecule has 1 aromatic carbocycles. The van der Waals surface area contributed by atoms with Crippen molar-refractivity contribution in [1.82, 2.24) is 9.80 Å². The maximum absolute atomic E-state index is 12.4. The molecule has 134 valence electrons. The molecule has 1 aliphatic rings. The molecule has 1 fully saturated rings. The summed E-state index contributed by atoms with van der Waals surface area (Å²) in [5.41, 5.74) is 0. The number of hydrogen-bond acceptors (Lipinski definition) is 4. The molecule has 0 saturated carbocycles. The highest BCUT2D eigenvalue weighted by molar-refractivity contribution is 5.76. The Morgan fingerprint density at radius 1 is 1.12 bits per heavy atom. The number of methoxy groups -OCH3 is 1. The number of hydrogen-bond donors (Lipinski definition) is 0. The Morgan fingerprint density at radius 2 is 1.79 bits per heavy atom. The van der Waals surface area contributed by atoms with Crippen LogP contribution in [0.2, 0.25) is 0 Å². The highest BCUT2D eigenvalue weighted by Gasteiger charge is 2.31. The lowest BCUT2D eigenvalue weighted by Crippen LogP contribution is -2.58. The third kappa shape index (κ3) is 5.49. The summed E-state index contributed by atoms with van der Waals surface area (Å²) in [5.74, 6) is 1.09. The highest BCUT2D eigenvalue weighted by Crippen LogP contribution is 2.17. The predicted octanol–water partition coefficient (Wildman–Crippen LogP) is 2.41. The molecule has 5 heteroatoms. The average Bonchev–Trinajstić information content (AvgIpc) is 2.58. The van der Waals surface area contributed by atoms with Gasteiger partial charge in [0.2, 0.25) is 5.91 Å². The van der Waals surface area contributed by atoms with Crippen molar-refractivity contribution in [3.8, 4) is 5.75 Å². The first-order chi connectivity index (χ1) is 11.6. The molecule has 1 aliphatic heterocycles. The summed E-state index contributed by atoms with van der Waals surface area (Å²) in [4.78, 5) is 16.9. The van der Waals surface area contributed by atoms with Gasteiger partial charge in [-0.15, -0.1) is 0 Å². The van der Waals surface area contributed by atoms with Gasteiger partial charge in [0, 0.05) is 45.2 Å². The quantitative estimate of drug-likeness (QED) is 0.685. The van der Waals surface area contributed by atoms with Crippen LogP contribution in [-0.2, 0) is 9.53 Å². The summed E-state index contributed by atoms with van der Waals surface area (Å²) in [5, 5.41) is 0. The van der Waals surface area contributed by atoms with Crippen molar-refractivity contribution in [1.29, 1.82) is 0 Å². The maximum atomic E-state index is 12.4. The fourth-order valence-corrected chi connectivity index (χ4v) is 3.29. The molecular formula is C19H30N2O3. The van der Waals surface area contributed by atoms with E-state index in [-0.39, 0.29) is 5.91 Å². The molecule has 1 aromatic rings. The van der Waals surface area contributed by atoms with Crippen LogP contribution in [0.5, 0.6) is 5.75 Å². The van der Waals surface area contributed by atoms with Crippen LogP contribution in [-0.4, -0.2) is 67.7 Å². The number of nitrogens with zero attached hydrogens (tertiary/aromatic N) is 2. The van der Waals surface area contributed by atoms with Crippen molar-refractivity contribution in [3.63, 3.8) is 0 Å². The van der Waals surface area contributed by atoms with Crippen molar-refractivity contribution in [2.24, 2.45) is 0 Å². The summed E-state index contributed by atoms with van der Waals surface area (Å²) < 4.78 is 10.8. The molecule has 0 radical (unpaired) electrons.